The molecular weight excluding hydrogens is 260 g/mol. The van der Waals surface area contributed by atoms with Crippen LogP contribution in [0.15, 0.2) is 0 Å². The highest BCUT2D eigenvalue weighted by atomic mass is 16.2. The van der Waals surface area contributed by atoms with Crippen LogP contribution in [0, 0.1) is 23.7 Å². The van der Waals surface area contributed by atoms with Gasteiger partial charge in [-0.3, -0.25) is 9.69 Å². The number of nitrogens with zero attached hydrogens (tertiary/aromatic N) is 1. The maximum absolute atomic E-state index is 12.5. The second-order valence-corrected chi connectivity index (χ2v) is 8.73. The number of hydrogen-bond donors (Lipinski definition) is 1. The Labute approximate surface area is 128 Å². The largest absolute Gasteiger partial charge is 0.350 e. The van der Waals surface area contributed by atoms with Gasteiger partial charge in [-0.15, -0.1) is 0 Å². The smallest absolute Gasteiger partial charge is 0.234 e. The number of hydrogen-bond acceptors (Lipinski definition) is 2. The van der Waals surface area contributed by atoms with Crippen LogP contribution in [-0.4, -0.2) is 36.0 Å². The standard InChI is InChI=1S/C18H30N2O/c1-13-3-2-4-20(11-13)12-17(21)19-18-8-14-5-15(9-18)7-16(6-14)10-18/h13-16H,2-12H2,1H3,(H,19,21)/t13-,14?,15?,16?,18?/m1/s1. The van der Waals surface area contributed by atoms with Crippen molar-refractivity contribution >= 4 is 5.91 Å². The Morgan fingerprint density at radius 2 is 1.76 bits per heavy atom. The highest BCUT2D eigenvalue weighted by molar-refractivity contribution is 5.79. The first-order valence-corrected chi connectivity index (χ1v) is 9.14. The molecule has 0 aromatic carbocycles. The average molecular weight is 290 g/mol. The molecule has 5 rings (SSSR count). The summed E-state index contributed by atoms with van der Waals surface area (Å²) in [7, 11) is 0. The highest BCUT2D eigenvalue weighted by Gasteiger charge is 2.51. The van der Waals surface area contributed by atoms with Crippen LogP contribution < -0.4 is 5.32 Å². The monoisotopic (exact) mass is 290 g/mol. The van der Waals surface area contributed by atoms with Crippen LogP contribution in [-0.2, 0) is 4.79 Å². The molecule has 1 N–H and O–H groups in total. The minimum Gasteiger partial charge on any atom is -0.350 e. The van der Waals surface area contributed by atoms with Crippen LogP contribution in [0.4, 0.5) is 0 Å². The lowest BCUT2D eigenvalue weighted by Crippen LogP contribution is -2.61. The van der Waals surface area contributed by atoms with E-state index in [1.165, 1.54) is 51.4 Å². The van der Waals surface area contributed by atoms with E-state index in [1.54, 1.807) is 0 Å². The molecule has 4 bridgehead atoms. The predicted octanol–water partition coefficient (Wildman–Crippen LogP) is 2.80. The Bertz CT molecular complexity index is 384. The van der Waals surface area contributed by atoms with E-state index in [-0.39, 0.29) is 5.54 Å². The molecule has 1 saturated heterocycles. The van der Waals surface area contributed by atoms with Crippen molar-refractivity contribution in [3.05, 3.63) is 0 Å². The molecule has 1 atom stereocenters. The molecule has 0 radical (unpaired) electrons. The van der Waals surface area contributed by atoms with E-state index in [0.717, 1.165) is 36.8 Å². The SMILES string of the molecule is C[C@@H]1CCCN(CC(=O)NC23CC4CC(CC(C4)C2)C3)C1. The van der Waals surface area contributed by atoms with Crippen molar-refractivity contribution < 1.29 is 4.79 Å². The lowest BCUT2D eigenvalue weighted by Gasteiger charge is -2.57. The molecule has 0 aromatic rings. The first-order chi connectivity index (χ1) is 10.1. The quantitative estimate of drug-likeness (QED) is 0.867. The number of piperidine rings is 1. The van der Waals surface area contributed by atoms with Crippen LogP contribution in [0.2, 0.25) is 0 Å². The van der Waals surface area contributed by atoms with Gasteiger partial charge < -0.3 is 5.32 Å². The molecule has 21 heavy (non-hydrogen) atoms. The summed E-state index contributed by atoms with van der Waals surface area (Å²) in [5.74, 6) is 3.78. The normalized spacial score (nSPS) is 45.8. The minimum absolute atomic E-state index is 0.188. The van der Waals surface area contributed by atoms with Crippen molar-refractivity contribution in [1.29, 1.82) is 0 Å². The van der Waals surface area contributed by atoms with Gasteiger partial charge in [-0.25, -0.2) is 0 Å². The second-order valence-electron chi connectivity index (χ2n) is 8.73. The summed E-state index contributed by atoms with van der Waals surface area (Å²) in [6.45, 7) is 5.15. The average Bonchev–Trinajstić information content (AvgIpc) is 2.35. The molecule has 4 aliphatic carbocycles. The zero-order valence-corrected chi connectivity index (χ0v) is 13.4. The van der Waals surface area contributed by atoms with E-state index in [2.05, 4.69) is 17.1 Å². The summed E-state index contributed by atoms with van der Waals surface area (Å²) in [6, 6.07) is 0. The number of likely N-dealkylation sites (tertiary alicyclic amines) is 1. The Balaban J connectivity index is 1.36. The van der Waals surface area contributed by atoms with Gasteiger partial charge in [-0.05, 0) is 81.6 Å². The molecule has 3 heteroatoms. The van der Waals surface area contributed by atoms with Crippen molar-refractivity contribution in [2.75, 3.05) is 19.6 Å². The fourth-order valence-corrected chi connectivity index (χ4v) is 6.23. The Kier molecular flexibility index (Phi) is 3.52. The topological polar surface area (TPSA) is 32.3 Å². The van der Waals surface area contributed by atoms with Crippen molar-refractivity contribution in [2.45, 2.75) is 63.8 Å². The molecule has 1 heterocycles. The van der Waals surface area contributed by atoms with Gasteiger partial charge in [0.05, 0.1) is 6.54 Å². The molecule has 0 spiro atoms. The number of rotatable bonds is 3. The van der Waals surface area contributed by atoms with E-state index in [0.29, 0.717) is 12.5 Å². The maximum Gasteiger partial charge on any atom is 0.234 e. The van der Waals surface area contributed by atoms with Crippen molar-refractivity contribution in [2.24, 2.45) is 23.7 Å². The fourth-order valence-electron chi connectivity index (χ4n) is 6.23. The van der Waals surface area contributed by atoms with Gasteiger partial charge in [0.15, 0.2) is 0 Å². The lowest BCUT2D eigenvalue weighted by molar-refractivity contribution is -0.128. The summed E-state index contributed by atoms with van der Waals surface area (Å²) < 4.78 is 0. The Hall–Kier alpha value is -0.570. The molecule has 118 valence electrons. The molecule has 1 amide bonds. The molecular formula is C18H30N2O. The third-order valence-corrected chi connectivity index (χ3v) is 6.55. The van der Waals surface area contributed by atoms with Gasteiger partial charge in [0.25, 0.3) is 0 Å². The molecule has 5 fully saturated rings. The zero-order valence-electron chi connectivity index (χ0n) is 13.4. The van der Waals surface area contributed by atoms with Crippen LogP contribution in [0.1, 0.15) is 58.3 Å². The van der Waals surface area contributed by atoms with Gasteiger partial charge in [0, 0.05) is 12.1 Å². The van der Waals surface area contributed by atoms with Crippen LogP contribution in [0.25, 0.3) is 0 Å². The zero-order chi connectivity index (χ0) is 14.4. The molecule has 5 aliphatic rings. The maximum atomic E-state index is 12.5. The van der Waals surface area contributed by atoms with E-state index >= 15 is 0 Å². The van der Waals surface area contributed by atoms with E-state index in [4.69, 9.17) is 0 Å². The molecule has 4 saturated carbocycles. The summed E-state index contributed by atoms with van der Waals surface area (Å²) in [6.07, 6.45) is 10.7. The molecule has 1 aliphatic heterocycles. The van der Waals surface area contributed by atoms with Gasteiger partial charge in [0.1, 0.15) is 0 Å². The summed E-state index contributed by atoms with van der Waals surface area (Å²) in [5, 5.41) is 3.51. The van der Waals surface area contributed by atoms with Crippen LogP contribution >= 0.6 is 0 Å². The number of nitrogens with one attached hydrogen (secondary N) is 1. The highest BCUT2D eigenvalue weighted by Crippen LogP contribution is 2.55. The van der Waals surface area contributed by atoms with E-state index in [1.807, 2.05) is 0 Å². The van der Waals surface area contributed by atoms with Gasteiger partial charge in [-0.2, -0.15) is 0 Å². The number of carbonyl (C=O) groups excluding carboxylic acids is 1. The van der Waals surface area contributed by atoms with E-state index < -0.39 is 0 Å². The van der Waals surface area contributed by atoms with Crippen molar-refractivity contribution in [3.8, 4) is 0 Å². The van der Waals surface area contributed by atoms with Gasteiger partial charge in [-0.1, -0.05) is 6.92 Å². The van der Waals surface area contributed by atoms with E-state index in [9.17, 15) is 4.79 Å². The number of amides is 1. The Morgan fingerprint density at radius 3 is 2.33 bits per heavy atom. The van der Waals surface area contributed by atoms with Crippen LogP contribution in [0.5, 0.6) is 0 Å². The third kappa shape index (κ3) is 2.86. The third-order valence-electron chi connectivity index (χ3n) is 6.55. The first kappa shape index (κ1) is 14.0. The molecule has 3 nitrogen and oxygen atoms in total. The van der Waals surface area contributed by atoms with Crippen molar-refractivity contribution in [1.82, 2.24) is 10.2 Å². The first-order valence-electron chi connectivity index (χ1n) is 9.14. The summed E-state index contributed by atoms with van der Waals surface area (Å²) >= 11 is 0. The van der Waals surface area contributed by atoms with Gasteiger partial charge in [0.2, 0.25) is 5.91 Å². The minimum atomic E-state index is 0.188. The molecule has 0 unspecified atom stereocenters. The number of carbonyl (C=O) groups is 1. The second kappa shape index (κ2) is 5.26. The van der Waals surface area contributed by atoms with Crippen molar-refractivity contribution in [3.63, 3.8) is 0 Å². The predicted molar refractivity (Wildman–Crippen MR) is 83.9 cm³/mol. The van der Waals surface area contributed by atoms with Crippen LogP contribution in [0.3, 0.4) is 0 Å². The summed E-state index contributed by atoms with van der Waals surface area (Å²) in [4.78, 5) is 14.9. The van der Waals surface area contributed by atoms with Gasteiger partial charge >= 0.3 is 0 Å². The summed E-state index contributed by atoms with van der Waals surface area (Å²) in [5.41, 5.74) is 0.188. The lowest BCUT2D eigenvalue weighted by atomic mass is 9.53. The molecule has 0 aromatic heterocycles. The fraction of sp³-hybridized carbons (Fsp3) is 0.944. The Morgan fingerprint density at radius 1 is 1.14 bits per heavy atom.